The summed E-state index contributed by atoms with van der Waals surface area (Å²) < 4.78 is 16.7. The van der Waals surface area contributed by atoms with Gasteiger partial charge in [0.15, 0.2) is 12.3 Å². The van der Waals surface area contributed by atoms with Crippen molar-refractivity contribution in [2.45, 2.75) is 44.7 Å². The molecule has 1 amide bonds. The van der Waals surface area contributed by atoms with Gasteiger partial charge in [-0.2, -0.15) is 0 Å². The standard InChI is InChI=1S/C22H25NO6/c1-22(2,3)29-21(26)23-17(14-8-6-5-7-9-14)18(20(24)25)28-19(23)15-10-12-16(27-4)13-11-15/h5-13,17-19H,1-4H3,(H,24,25)/t17-,18?,19+/m0/s1. The molecule has 1 saturated heterocycles. The number of methoxy groups -OCH3 is 1. The third-order valence-electron chi connectivity index (χ3n) is 4.50. The number of hydrogen-bond donors (Lipinski definition) is 1. The number of hydrogen-bond acceptors (Lipinski definition) is 5. The van der Waals surface area contributed by atoms with Crippen LogP contribution in [0.15, 0.2) is 54.6 Å². The van der Waals surface area contributed by atoms with E-state index < -0.39 is 36.0 Å². The molecule has 0 bridgehead atoms. The molecule has 29 heavy (non-hydrogen) atoms. The lowest BCUT2D eigenvalue weighted by Gasteiger charge is -2.31. The van der Waals surface area contributed by atoms with E-state index in [4.69, 9.17) is 14.2 Å². The van der Waals surface area contributed by atoms with Crippen molar-refractivity contribution in [1.29, 1.82) is 0 Å². The van der Waals surface area contributed by atoms with Gasteiger partial charge in [-0.3, -0.25) is 4.90 Å². The van der Waals surface area contributed by atoms with Crippen molar-refractivity contribution in [3.05, 3.63) is 65.7 Å². The lowest BCUT2D eigenvalue weighted by Crippen LogP contribution is -2.40. The summed E-state index contributed by atoms with van der Waals surface area (Å²) in [5.74, 6) is -0.506. The predicted molar refractivity (Wildman–Crippen MR) is 105 cm³/mol. The number of aliphatic carboxylic acids is 1. The van der Waals surface area contributed by atoms with Crippen LogP contribution in [0.5, 0.6) is 5.75 Å². The minimum atomic E-state index is -1.24. The molecule has 1 heterocycles. The number of benzene rings is 2. The molecule has 154 valence electrons. The number of nitrogens with zero attached hydrogens (tertiary/aromatic N) is 1. The van der Waals surface area contributed by atoms with Gasteiger partial charge in [0, 0.05) is 5.56 Å². The Morgan fingerprint density at radius 2 is 1.62 bits per heavy atom. The molecule has 1 fully saturated rings. The van der Waals surface area contributed by atoms with E-state index in [1.54, 1.807) is 76.4 Å². The fraction of sp³-hybridized carbons (Fsp3) is 0.364. The summed E-state index contributed by atoms with van der Waals surface area (Å²) in [5, 5.41) is 9.80. The second-order valence-electron chi connectivity index (χ2n) is 7.76. The number of ether oxygens (including phenoxy) is 3. The zero-order valence-electron chi connectivity index (χ0n) is 16.9. The molecule has 0 saturated carbocycles. The van der Waals surface area contributed by atoms with Crippen LogP contribution < -0.4 is 4.74 Å². The van der Waals surface area contributed by atoms with Gasteiger partial charge in [-0.15, -0.1) is 0 Å². The molecule has 3 atom stereocenters. The van der Waals surface area contributed by atoms with Crippen molar-refractivity contribution in [3.63, 3.8) is 0 Å². The van der Waals surface area contributed by atoms with Gasteiger partial charge < -0.3 is 19.3 Å². The predicted octanol–water partition coefficient (Wildman–Crippen LogP) is 4.16. The second kappa shape index (κ2) is 8.13. The maximum atomic E-state index is 13.1. The van der Waals surface area contributed by atoms with E-state index in [-0.39, 0.29) is 0 Å². The molecule has 3 rings (SSSR count). The van der Waals surface area contributed by atoms with Crippen molar-refractivity contribution in [2.24, 2.45) is 0 Å². The van der Waals surface area contributed by atoms with Gasteiger partial charge in [-0.05, 0) is 38.5 Å². The first-order valence-electron chi connectivity index (χ1n) is 9.30. The van der Waals surface area contributed by atoms with Gasteiger partial charge in [0.05, 0.1) is 7.11 Å². The van der Waals surface area contributed by atoms with Gasteiger partial charge in [-0.25, -0.2) is 9.59 Å². The molecular formula is C22H25NO6. The van der Waals surface area contributed by atoms with Crippen molar-refractivity contribution < 1.29 is 28.9 Å². The van der Waals surface area contributed by atoms with Gasteiger partial charge in [0.25, 0.3) is 0 Å². The first kappa shape index (κ1) is 20.7. The molecule has 1 unspecified atom stereocenters. The highest BCUT2D eigenvalue weighted by Crippen LogP contribution is 2.44. The largest absolute Gasteiger partial charge is 0.497 e. The number of amides is 1. The van der Waals surface area contributed by atoms with Crippen LogP contribution >= 0.6 is 0 Å². The summed E-state index contributed by atoms with van der Waals surface area (Å²) in [6.45, 7) is 5.28. The molecule has 1 N–H and O–H groups in total. The fourth-order valence-electron chi connectivity index (χ4n) is 3.28. The molecular weight excluding hydrogens is 374 g/mol. The number of carbonyl (C=O) groups is 2. The van der Waals surface area contributed by atoms with Gasteiger partial charge in [0.1, 0.15) is 17.4 Å². The maximum Gasteiger partial charge on any atom is 0.413 e. The number of carboxylic acid groups (broad SMARTS) is 1. The Hall–Kier alpha value is -3.06. The van der Waals surface area contributed by atoms with E-state index in [9.17, 15) is 14.7 Å². The molecule has 1 aliphatic heterocycles. The Kier molecular flexibility index (Phi) is 5.79. The summed E-state index contributed by atoms with van der Waals surface area (Å²) in [6.07, 6.45) is -2.80. The number of carboxylic acids is 1. The van der Waals surface area contributed by atoms with E-state index in [2.05, 4.69) is 0 Å². The molecule has 2 aromatic carbocycles. The van der Waals surface area contributed by atoms with Crippen molar-refractivity contribution in [3.8, 4) is 5.75 Å². The summed E-state index contributed by atoms with van der Waals surface area (Å²) >= 11 is 0. The summed E-state index contributed by atoms with van der Waals surface area (Å²) in [7, 11) is 1.56. The lowest BCUT2D eigenvalue weighted by atomic mass is 10.0. The minimum Gasteiger partial charge on any atom is -0.497 e. The maximum absolute atomic E-state index is 13.1. The Balaban J connectivity index is 2.07. The summed E-state index contributed by atoms with van der Waals surface area (Å²) in [4.78, 5) is 26.5. The highest BCUT2D eigenvalue weighted by Gasteiger charge is 2.51. The minimum absolute atomic E-state index is 0.626. The molecule has 0 aromatic heterocycles. The topological polar surface area (TPSA) is 85.3 Å². The Morgan fingerprint density at radius 3 is 2.14 bits per heavy atom. The van der Waals surface area contributed by atoms with Gasteiger partial charge in [0.2, 0.25) is 0 Å². The first-order valence-corrected chi connectivity index (χ1v) is 9.30. The quantitative estimate of drug-likeness (QED) is 0.831. The normalized spacial score (nSPS) is 21.7. The van der Waals surface area contributed by atoms with Crippen LogP contribution in [0.2, 0.25) is 0 Å². The average molecular weight is 399 g/mol. The Labute approximate surface area is 169 Å². The van der Waals surface area contributed by atoms with Crippen molar-refractivity contribution in [1.82, 2.24) is 4.90 Å². The van der Waals surface area contributed by atoms with Crippen LogP contribution in [0.25, 0.3) is 0 Å². The molecule has 0 spiro atoms. The van der Waals surface area contributed by atoms with Crippen molar-refractivity contribution >= 4 is 12.1 Å². The molecule has 0 radical (unpaired) electrons. The molecule has 2 aromatic rings. The third kappa shape index (κ3) is 4.51. The Morgan fingerprint density at radius 1 is 1.00 bits per heavy atom. The zero-order valence-corrected chi connectivity index (χ0v) is 16.9. The Bertz CT molecular complexity index is 859. The molecule has 7 nitrogen and oxygen atoms in total. The third-order valence-corrected chi connectivity index (χ3v) is 4.50. The van der Waals surface area contributed by atoms with Crippen LogP contribution in [-0.4, -0.2) is 40.9 Å². The first-order chi connectivity index (χ1) is 13.7. The van der Waals surface area contributed by atoms with E-state index in [0.717, 1.165) is 0 Å². The van der Waals surface area contributed by atoms with Gasteiger partial charge in [-0.1, -0.05) is 42.5 Å². The molecule has 7 heteroatoms. The monoisotopic (exact) mass is 399 g/mol. The SMILES string of the molecule is COc1ccc([C@H]2OC(C(=O)O)[C@H](c3ccccc3)N2C(=O)OC(C)(C)C)cc1. The van der Waals surface area contributed by atoms with Crippen LogP contribution in [-0.2, 0) is 14.3 Å². The summed E-state index contributed by atoms with van der Waals surface area (Å²) in [6, 6.07) is 15.1. The number of carbonyl (C=O) groups excluding carboxylic acids is 1. The van der Waals surface area contributed by atoms with E-state index in [1.165, 1.54) is 4.90 Å². The second-order valence-corrected chi connectivity index (χ2v) is 7.76. The average Bonchev–Trinajstić information content (AvgIpc) is 3.08. The van der Waals surface area contributed by atoms with Gasteiger partial charge >= 0.3 is 12.1 Å². The van der Waals surface area contributed by atoms with Crippen LogP contribution in [0, 0.1) is 0 Å². The van der Waals surface area contributed by atoms with E-state index in [0.29, 0.717) is 16.9 Å². The number of rotatable bonds is 4. The van der Waals surface area contributed by atoms with E-state index in [1.807, 2.05) is 6.07 Å². The summed E-state index contributed by atoms with van der Waals surface area (Å²) in [5.41, 5.74) is 0.535. The lowest BCUT2D eigenvalue weighted by molar-refractivity contribution is -0.150. The fourth-order valence-corrected chi connectivity index (χ4v) is 3.28. The van der Waals surface area contributed by atoms with Crippen LogP contribution in [0.4, 0.5) is 4.79 Å². The van der Waals surface area contributed by atoms with E-state index >= 15 is 0 Å². The molecule has 0 aliphatic carbocycles. The smallest absolute Gasteiger partial charge is 0.413 e. The zero-order chi connectivity index (χ0) is 21.2. The highest BCUT2D eigenvalue weighted by molar-refractivity contribution is 5.77. The van der Waals surface area contributed by atoms with Crippen LogP contribution in [0.1, 0.15) is 44.2 Å². The van der Waals surface area contributed by atoms with Crippen molar-refractivity contribution in [2.75, 3.05) is 7.11 Å². The van der Waals surface area contributed by atoms with Crippen LogP contribution in [0.3, 0.4) is 0 Å². The highest BCUT2D eigenvalue weighted by atomic mass is 16.6. The molecule has 1 aliphatic rings.